The SMILES string of the molecule is COc1cc(C)nc(CSCCC(=O)O)c1. The van der Waals surface area contributed by atoms with Crippen LogP contribution in [0.2, 0.25) is 0 Å². The molecule has 0 atom stereocenters. The second-order valence-corrected chi connectivity index (χ2v) is 4.44. The van der Waals surface area contributed by atoms with E-state index in [4.69, 9.17) is 9.84 Å². The molecule has 1 aromatic rings. The van der Waals surface area contributed by atoms with Gasteiger partial charge in [0.05, 0.1) is 19.2 Å². The molecule has 1 aromatic heterocycles. The number of aliphatic carboxylic acids is 1. The van der Waals surface area contributed by atoms with E-state index in [2.05, 4.69) is 4.98 Å². The number of pyridine rings is 1. The zero-order valence-electron chi connectivity index (χ0n) is 9.40. The van der Waals surface area contributed by atoms with Crippen LogP contribution in [0, 0.1) is 6.92 Å². The van der Waals surface area contributed by atoms with Gasteiger partial charge in [-0.05, 0) is 6.92 Å². The number of rotatable bonds is 6. The molecule has 16 heavy (non-hydrogen) atoms. The van der Waals surface area contributed by atoms with Gasteiger partial charge in [-0.25, -0.2) is 0 Å². The highest BCUT2D eigenvalue weighted by Gasteiger charge is 2.02. The first-order chi connectivity index (χ1) is 7.61. The summed E-state index contributed by atoms with van der Waals surface area (Å²) in [7, 11) is 1.62. The molecule has 0 spiro atoms. The van der Waals surface area contributed by atoms with Crippen molar-refractivity contribution in [1.82, 2.24) is 4.98 Å². The van der Waals surface area contributed by atoms with Gasteiger partial charge in [-0.15, -0.1) is 0 Å². The van der Waals surface area contributed by atoms with Crippen molar-refractivity contribution in [2.45, 2.75) is 19.1 Å². The van der Waals surface area contributed by atoms with Crippen molar-refractivity contribution in [3.8, 4) is 5.75 Å². The highest BCUT2D eigenvalue weighted by molar-refractivity contribution is 7.98. The number of nitrogens with zero attached hydrogens (tertiary/aromatic N) is 1. The van der Waals surface area contributed by atoms with Gasteiger partial charge < -0.3 is 9.84 Å². The van der Waals surface area contributed by atoms with Gasteiger partial charge in [-0.3, -0.25) is 9.78 Å². The van der Waals surface area contributed by atoms with E-state index in [1.54, 1.807) is 18.9 Å². The zero-order valence-corrected chi connectivity index (χ0v) is 10.2. The Labute approximate surface area is 99.0 Å². The van der Waals surface area contributed by atoms with E-state index in [-0.39, 0.29) is 6.42 Å². The standard InChI is InChI=1S/C11H15NO3S/c1-8-5-10(15-2)6-9(12-8)7-16-4-3-11(13)14/h5-6H,3-4,7H2,1-2H3,(H,13,14). The number of carboxylic acids is 1. The topological polar surface area (TPSA) is 59.4 Å². The lowest BCUT2D eigenvalue weighted by Crippen LogP contribution is -1.97. The summed E-state index contributed by atoms with van der Waals surface area (Å²) in [4.78, 5) is 14.7. The number of ether oxygens (including phenoxy) is 1. The molecule has 0 fully saturated rings. The number of hydrogen-bond donors (Lipinski definition) is 1. The minimum absolute atomic E-state index is 0.188. The summed E-state index contributed by atoms with van der Waals surface area (Å²) in [5, 5.41) is 8.49. The van der Waals surface area contributed by atoms with E-state index in [1.807, 2.05) is 19.1 Å². The van der Waals surface area contributed by atoms with Gasteiger partial charge in [0.2, 0.25) is 0 Å². The zero-order chi connectivity index (χ0) is 12.0. The third-order valence-electron chi connectivity index (χ3n) is 1.93. The minimum atomic E-state index is -0.762. The van der Waals surface area contributed by atoms with E-state index >= 15 is 0 Å². The summed E-state index contributed by atoms with van der Waals surface area (Å²) in [6.45, 7) is 1.91. The fourth-order valence-corrected chi connectivity index (χ4v) is 2.05. The second kappa shape index (κ2) is 6.37. The fraction of sp³-hybridized carbons (Fsp3) is 0.455. The second-order valence-electron chi connectivity index (χ2n) is 3.34. The number of methoxy groups -OCH3 is 1. The summed E-state index contributed by atoms with van der Waals surface area (Å²) >= 11 is 1.56. The quantitative estimate of drug-likeness (QED) is 0.773. The molecule has 0 radical (unpaired) electrons. The smallest absolute Gasteiger partial charge is 0.304 e. The van der Waals surface area contributed by atoms with Crippen LogP contribution < -0.4 is 4.74 Å². The molecule has 0 amide bonds. The average Bonchev–Trinajstić information content (AvgIpc) is 2.23. The van der Waals surface area contributed by atoms with Crippen LogP contribution in [0.15, 0.2) is 12.1 Å². The van der Waals surface area contributed by atoms with Crippen LogP contribution in [-0.4, -0.2) is 28.9 Å². The highest BCUT2D eigenvalue weighted by atomic mass is 32.2. The van der Waals surface area contributed by atoms with Crippen LogP contribution >= 0.6 is 11.8 Å². The van der Waals surface area contributed by atoms with Crippen molar-refractivity contribution >= 4 is 17.7 Å². The Balaban J connectivity index is 2.47. The van der Waals surface area contributed by atoms with Crippen molar-refractivity contribution in [2.75, 3.05) is 12.9 Å². The van der Waals surface area contributed by atoms with Crippen LogP contribution in [0.1, 0.15) is 17.8 Å². The molecule has 4 nitrogen and oxygen atoms in total. The third kappa shape index (κ3) is 4.53. The monoisotopic (exact) mass is 241 g/mol. The van der Waals surface area contributed by atoms with Crippen molar-refractivity contribution in [3.05, 3.63) is 23.5 Å². The molecule has 0 bridgehead atoms. The lowest BCUT2D eigenvalue weighted by atomic mass is 10.3. The lowest BCUT2D eigenvalue weighted by Gasteiger charge is -2.05. The average molecular weight is 241 g/mol. The Morgan fingerprint density at radius 3 is 2.94 bits per heavy atom. The van der Waals surface area contributed by atoms with Gasteiger partial charge >= 0.3 is 5.97 Å². The Morgan fingerprint density at radius 2 is 2.31 bits per heavy atom. The molecule has 1 heterocycles. The van der Waals surface area contributed by atoms with Gasteiger partial charge in [-0.1, -0.05) is 0 Å². The first-order valence-corrected chi connectivity index (χ1v) is 6.08. The van der Waals surface area contributed by atoms with Gasteiger partial charge in [0.25, 0.3) is 0 Å². The fourth-order valence-electron chi connectivity index (χ4n) is 1.23. The molecular weight excluding hydrogens is 226 g/mol. The van der Waals surface area contributed by atoms with Gasteiger partial charge in [0, 0.05) is 29.3 Å². The Kier molecular flexibility index (Phi) is 5.11. The van der Waals surface area contributed by atoms with Crippen molar-refractivity contribution in [1.29, 1.82) is 0 Å². The maximum Gasteiger partial charge on any atom is 0.304 e. The molecule has 0 saturated carbocycles. The Hall–Kier alpha value is -1.23. The minimum Gasteiger partial charge on any atom is -0.497 e. The Bertz CT molecular complexity index is 368. The number of aromatic nitrogens is 1. The molecule has 1 N–H and O–H groups in total. The normalized spacial score (nSPS) is 10.1. The van der Waals surface area contributed by atoms with Crippen LogP contribution in [-0.2, 0) is 10.5 Å². The summed E-state index contributed by atoms with van der Waals surface area (Å²) in [5.41, 5.74) is 1.83. The lowest BCUT2D eigenvalue weighted by molar-refractivity contribution is -0.136. The molecule has 0 saturated heterocycles. The molecule has 1 rings (SSSR count). The predicted molar refractivity (Wildman–Crippen MR) is 63.9 cm³/mol. The number of carbonyl (C=O) groups is 1. The molecular formula is C11H15NO3S. The first kappa shape index (κ1) is 12.8. The van der Waals surface area contributed by atoms with E-state index in [9.17, 15) is 4.79 Å². The predicted octanol–water partition coefficient (Wildman–Crippen LogP) is 2.11. The summed E-state index contributed by atoms with van der Waals surface area (Å²) in [5.74, 6) is 1.35. The molecule has 0 aromatic carbocycles. The number of carboxylic acid groups (broad SMARTS) is 1. The maximum atomic E-state index is 10.3. The van der Waals surface area contributed by atoms with Crippen LogP contribution in [0.25, 0.3) is 0 Å². The molecule has 0 unspecified atom stereocenters. The van der Waals surface area contributed by atoms with Crippen molar-refractivity contribution in [2.24, 2.45) is 0 Å². The van der Waals surface area contributed by atoms with Gasteiger partial charge in [-0.2, -0.15) is 11.8 Å². The van der Waals surface area contributed by atoms with E-state index < -0.39 is 5.97 Å². The summed E-state index contributed by atoms with van der Waals surface area (Å²) in [6, 6.07) is 3.74. The number of aryl methyl sites for hydroxylation is 1. The molecule has 0 aliphatic rings. The van der Waals surface area contributed by atoms with Crippen LogP contribution in [0.5, 0.6) is 5.75 Å². The van der Waals surface area contributed by atoms with Crippen molar-refractivity contribution < 1.29 is 14.6 Å². The largest absolute Gasteiger partial charge is 0.497 e. The van der Waals surface area contributed by atoms with Gasteiger partial charge in [0.1, 0.15) is 5.75 Å². The third-order valence-corrected chi connectivity index (χ3v) is 2.92. The van der Waals surface area contributed by atoms with E-state index in [1.165, 1.54) is 0 Å². The maximum absolute atomic E-state index is 10.3. The number of thioether (sulfide) groups is 1. The Morgan fingerprint density at radius 1 is 1.56 bits per heavy atom. The highest BCUT2D eigenvalue weighted by Crippen LogP contribution is 2.18. The first-order valence-electron chi connectivity index (χ1n) is 4.93. The molecule has 0 aliphatic carbocycles. The van der Waals surface area contributed by atoms with Crippen LogP contribution in [0.4, 0.5) is 0 Å². The van der Waals surface area contributed by atoms with Gasteiger partial charge in [0.15, 0.2) is 0 Å². The molecule has 88 valence electrons. The van der Waals surface area contributed by atoms with Crippen LogP contribution in [0.3, 0.4) is 0 Å². The number of hydrogen-bond acceptors (Lipinski definition) is 4. The molecule has 0 aliphatic heterocycles. The van der Waals surface area contributed by atoms with E-state index in [0.29, 0.717) is 11.5 Å². The summed E-state index contributed by atoms with van der Waals surface area (Å²) < 4.78 is 5.14. The summed E-state index contributed by atoms with van der Waals surface area (Å²) in [6.07, 6.45) is 0.188. The van der Waals surface area contributed by atoms with Crippen molar-refractivity contribution in [3.63, 3.8) is 0 Å². The molecule has 5 heteroatoms. The van der Waals surface area contributed by atoms with E-state index in [0.717, 1.165) is 17.1 Å².